The van der Waals surface area contributed by atoms with Crippen molar-refractivity contribution in [2.45, 2.75) is 38.8 Å². The van der Waals surface area contributed by atoms with E-state index in [1.807, 2.05) is 0 Å². The smallest absolute Gasteiger partial charge is 0.251 e. The molecule has 1 aromatic heterocycles. The molecule has 2 N–H and O–H groups in total. The zero-order valence-corrected chi connectivity index (χ0v) is 18.7. The van der Waals surface area contributed by atoms with Gasteiger partial charge in [0.1, 0.15) is 5.75 Å². The van der Waals surface area contributed by atoms with Crippen LogP contribution >= 0.6 is 0 Å². The van der Waals surface area contributed by atoms with E-state index < -0.39 is 33.7 Å². The summed E-state index contributed by atoms with van der Waals surface area (Å²) in [5.74, 6) is -0.262. The lowest BCUT2D eigenvalue weighted by molar-refractivity contribution is 0.0859. The Balaban J connectivity index is 1.71. The number of aliphatic hydroxyl groups is 1. The number of carbonyl (C=O) groups excluding carboxylic acids is 1. The maximum absolute atomic E-state index is 13.2. The monoisotopic (exact) mass is 461 g/mol. The zero-order chi connectivity index (χ0) is 23.3. The number of hydrogen-bond acceptors (Lipinski definition) is 6. The predicted octanol–water partition coefficient (Wildman–Crippen LogP) is 2.69. The molecule has 0 spiro atoms. The van der Waals surface area contributed by atoms with Crippen LogP contribution in [0.1, 0.15) is 42.9 Å². The molecule has 0 saturated carbocycles. The van der Waals surface area contributed by atoms with Crippen molar-refractivity contribution in [2.75, 3.05) is 11.5 Å². The predicted molar refractivity (Wildman–Crippen MR) is 117 cm³/mol. The SMILES string of the molecule is CC(F)Oc1cccc(-n2nc([C@H](C)O)c3cc(C(=O)NC4(C)CS(=O)(=O)C4)ccc32)c1. The minimum absolute atomic E-state index is 0.0965. The summed E-state index contributed by atoms with van der Waals surface area (Å²) in [6.07, 6.45) is -2.38. The van der Waals surface area contributed by atoms with Crippen molar-refractivity contribution in [3.05, 3.63) is 53.7 Å². The quantitative estimate of drug-likeness (QED) is 0.584. The number of amides is 1. The fourth-order valence-corrected chi connectivity index (χ4v) is 6.01. The van der Waals surface area contributed by atoms with E-state index in [-0.39, 0.29) is 11.5 Å². The second-order valence-electron chi connectivity index (χ2n) is 8.41. The van der Waals surface area contributed by atoms with E-state index in [9.17, 15) is 22.7 Å². The standard InChI is InChI=1S/C22H24FN3O5S/c1-13(27)20-18-9-15(21(28)24-22(3)11-32(29,30)12-22)7-8-19(18)26(25-20)16-5-4-6-17(10-16)31-14(2)23/h4-10,13-14,27H,11-12H2,1-3H3,(H,24,28)/t13-,14?/m0/s1. The molecule has 0 bridgehead atoms. The van der Waals surface area contributed by atoms with Crippen molar-refractivity contribution < 1.29 is 27.4 Å². The highest BCUT2D eigenvalue weighted by Crippen LogP contribution is 2.29. The summed E-state index contributed by atoms with van der Waals surface area (Å²) in [4.78, 5) is 12.8. The minimum Gasteiger partial charge on any atom is -0.461 e. The van der Waals surface area contributed by atoms with Crippen molar-refractivity contribution in [3.8, 4) is 11.4 Å². The van der Waals surface area contributed by atoms with E-state index in [0.717, 1.165) is 0 Å². The van der Waals surface area contributed by atoms with E-state index in [2.05, 4.69) is 10.4 Å². The van der Waals surface area contributed by atoms with E-state index in [0.29, 0.717) is 33.6 Å². The molecule has 2 aromatic carbocycles. The Kier molecular flexibility index (Phi) is 5.46. The van der Waals surface area contributed by atoms with Gasteiger partial charge in [0.25, 0.3) is 5.91 Å². The number of halogens is 1. The van der Waals surface area contributed by atoms with Gasteiger partial charge in [0, 0.05) is 23.9 Å². The number of benzene rings is 2. The lowest BCUT2D eigenvalue weighted by Crippen LogP contribution is -2.63. The number of rotatable bonds is 6. The first-order valence-corrected chi connectivity index (χ1v) is 11.9. The Bertz CT molecular complexity index is 1290. The summed E-state index contributed by atoms with van der Waals surface area (Å²) in [6.45, 7) is 4.55. The van der Waals surface area contributed by atoms with Crippen LogP contribution in [-0.4, -0.2) is 52.6 Å². The van der Waals surface area contributed by atoms with Crippen molar-refractivity contribution in [1.82, 2.24) is 15.1 Å². The molecular formula is C22H24FN3O5S. The molecule has 2 heterocycles. The number of hydrogen-bond donors (Lipinski definition) is 2. The summed E-state index contributed by atoms with van der Waals surface area (Å²) < 4.78 is 43.0. The maximum atomic E-state index is 13.2. The van der Waals surface area contributed by atoms with Gasteiger partial charge in [-0.15, -0.1) is 0 Å². The molecule has 1 amide bonds. The van der Waals surface area contributed by atoms with Crippen LogP contribution in [0.3, 0.4) is 0 Å². The Labute approximate surface area is 184 Å². The number of alkyl halides is 1. The van der Waals surface area contributed by atoms with E-state index >= 15 is 0 Å². The largest absolute Gasteiger partial charge is 0.461 e. The lowest BCUT2D eigenvalue weighted by atomic mass is 10.0. The third-order valence-corrected chi connectivity index (χ3v) is 7.37. The number of nitrogens with zero attached hydrogens (tertiary/aromatic N) is 2. The number of ether oxygens (including phenoxy) is 1. The van der Waals surface area contributed by atoms with Gasteiger partial charge in [-0.05, 0) is 44.2 Å². The molecule has 1 aliphatic rings. The van der Waals surface area contributed by atoms with Gasteiger partial charge >= 0.3 is 0 Å². The number of sulfone groups is 1. The van der Waals surface area contributed by atoms with Crippen LogP contribution in [0.4, 0.5) is 4.39 Å². The number of carbonyl (C=O) groups is 1. The fourth-order valence-electron chi connectivity index (χ4n) is 4.01. The number of aromatic nitrogens is 2. The van der Waals surface area contributed by atoms with Gasteiger partial charge in [-0.3, -0.25) is 4.79 Å². The molecule has 3 aromatic rings. The first-order chi connectivity index (χ1) is 15.0. The van der Waals surface area contributed by atoms with Crippen molar-refractivity contribution in [3.63, 3.8) is 0 Å². The Morgan fingerprint density at radius 3 is 2.59 bits per heavy atom. The van der Waals surface area contributed by atoms with Gasteiger partial charge in [-0.25, -0.2) is 17.5 Å². The lowest BCUT2D eigenvalue weighted by Gasteiger charge is -2.38. The molecular weight excluding hydrogens is 437 g/mol. The molecule has 8 nitrogen and oxygen atoms in total. The molecule has 170 valence electrons. The molecule has 1 unspecified atom stereocenters. The average Bonchev–Trinajstić information content (AvgIpc) is 3.05. The van der Waals surface area contributed by atoms with Gasteiger partial charge in [-0.1, -0.05) is 6.07 Å². The van der Waals surface area contributed by atoms with Crippen LogP contribution in [0.5, 0.6) is 5.75 Å². The van der Waals surface area contributed by atoms with Crippen LogP contribution in [-0.2, 0) is 9.84 Å². The third-order valence-electron chi connectivity index (χ3n) is 5.22. The van der Waals surface area contributed by atoms with Gasteiger partial charge in [0.05, 0.1) is 40.0 Å². The average molecular weight is 462 g/mol. The van der Waals surface area contributed by atoms with Crippen molar-refractivity contribution in [1.29, 1.82) is 0 Å². The third kappa shape index (κ3) is 4.33. The molecule has 2 atom stereocenters. The molecule has 10 heteroatoms. The van der Waals surface area contributed by atoms with Crippen LogP contribution in [0.15, 0.2) is 42.5 Å². The van der Waals surface area contributed by atoms with E-state index in [4.69, 9.17) is 4.74 Å². The summed E-state index contributed by atoms with van der Waals surface area (Å²) in [5, 5.41) is 18.1. The van der Waals surface area contributed by atoms with E-state index in [1.54, 1.807) is 61.0 Å². The molecule has 1 aliphatic heterocycles. The summed E-state index contributed by atoms with van der Waals surface area (Å²) in [7, 11) is -3.10. The van der Waals surface area contributed by atoms with Crippen molar-refractivity contribution in [2.24, 2.45) is 0 Å². The normalized spacial score (nSPS) is 18.5. The van der Waals surface area contributed by atoms with Crippen LogP contribution in [0.25, 0.3) is 16.6 Å². The minimum atomic E-state index is -3.10. The summed E-state index contributed by atoms with van der Waals surface area (Å²) >= 11 is 0. The van der Waals surface area contributed by atoms with Gasteiger partial charge < -0.3 is 15.2 Å². The fraction of sp³-hybridized carbons (Fsp3) is 0.364. The Morgan fingerprint density at radius 1 is 1.25 bits per heavy atom. The maximum Gasteiger partial charge on any atom is 0.251 e. The highest BCUT2D eigenvalue weighted by molar-refractivity contribution is 7.93. The van der Waals surface area contributed by atoms with Gasteiger partial charge in [0.2, 0.25) is 6.36 Å². The Hall–Kier alpha value is -2.98. The number of nitrogens with one attached hydrogen (secondary N) is 1. The topological polar surface area (TPSA) is 111 Å². The highest BCUT2D eigenvalue weighted by Gasteiger charge is 2.45. The molecule has 1 fully saturated rings. The number of aliphatic hydroxyl groups excluding tert-OH is 1. The summed E-state index contributed by atoms with van der Waals surface area (Å²) in [6, 6.07) is 11.7. The first-order valence-electron chi connectivity index (χ1n) is 10.1. The molecule has 1 saturated heterocycles. The molecule has 0 radical (unpaired) electrons. The second kappa shape index (κ2) is 7.86. The molecule has 0 aliphatic carbocycles. The van der Waals surface area contributed by atoms with Crippen LogP contribution in [0, 0.1) is 0 Å². The van der Waals surface area contributed by atoms with Gasteiger partial charge in [0.15, 0.2) is 9.84 Å². The highest BCUT2D eigenvalue weighted by atomic mass is 32.2. The molecule has 32 heavy (non-hydrogen) atoms. The number of fused-ring (bicyclic) bond motifs is 1. The first kappa shape index (κ1) is 22.2. The van der Waals surface area contributed by atoms with E-state index in [1.165, 1.54) is 6.92 Å². The van der Waals surface area contributed by atoms with Crippen LogP contribution in [0.2, 0.25) is 0 Å². The van der Waals surface area contributed by atoms with Crippen molar-refractivity contribution >= 4 is 26.6 Å². The van der Waals surface area contributed by atoms with Gasteiger partial charge in [-0.2, -0.15) is 5.10 Å². The Morgan fingerprint density at radius 2 is 1.97 bits per heavy atom. The zero-order valence-electron chi connectivity index (χ0n) is 17.9. The summed E-state index contributed by atoms with van der Waals surface area (Å²) in [5.41, 5.74) is 1.14. The second-order valence-corrected chi connectivity index (χ2v) is 10.5. The van der Waals surface area contributed by atoms with Crippen LogP contribution < -0.4 is 10.1 Å². The molecule has 4 rings (SSSR count).